The number of carbonyl (C=O) groups is 1. The van der Waals surface area contributed by atoms with E-state index in [1.165, 1.54) is 0 Å². The van der Waals surface area contributed by atoms with Crippen molar-refractivity contribution in [3.63, 3.8) is 0 Å². The lowest BCUT2D eigenvalue weighted by molar-refractivity contribution is -0.199. The number of amides is 1. The van der Waals surface area contributed by atoms with Gasteiger partial charge in [-0.1, -0.05) is 39.3 Å². The molecule has 3 heterocycles. The molecule has 3 aliphatic rings. The molecule has 0 radical (unpaired) electrons. The second-order valence-electron chi connectivity index (χ2n) is 12.1. The van der Waals surface area contributed by atoms with Crippen molar-refractivity contribution in [2.75, 3.05) is 32.2 Å². The summed E-state index contributed by atoms with van der Waals surface area (Å²) < 4.78 is 17.4. The zero-order valence-corrected chi connectivity index (χ0v) is 24.3. The Kier molecular flexibility index (Phi) is 7.30. The minimum Gasteiger partial charge on any atom is -0.489 e. The Hall–Kier alpha value is -2.86. The van der Waals surface area contributed by atoms with E-state index in [0.29, 0.717) is 34.4 Å². The molecule has 0 bridgehead atoms. The van der Waals surface area contributed by atoms with Crippen LogP contribution in [0.4, 0.5) is 5.82 Å². The summed E-state index contributed by atoms with van der Waals surface area (Å²) in [5.74, 6) is 1.93. The van der Waals surface area contributed by atoms with E-state index in [-0.39, 0.29) is 35.2 Å². The van der Waals surface area contributed by atoms with Gasteiger partial charge in [0, 0.05) is 56.2 Å². The summed E-state index contributed by atoms with van der Waals surface area (Å²) in [7, 11) is 3.38. The lowest BCUT2D eigenvalue weighted by Gasteiger charge is -2.65. The van der Waals surface area contributed by atoms with Crippen LogP contribution in [0.1, 0.15) is 62.2 Å². The van der Waals surface area contributed by atoms with E-state index < -0.39 is 0 Å². The summed E-state index contributed by atoms with van der Waals surface area (Å²) in [5.41, 5.74) is 1.31. The van der Waals surface area contributed by atoms with Gasteiger partial charge in [0.15, 0.2) is 6.29 Å². The van der Waals surface area contributed by atoms with Gasteiger partial charge in [-0.15, -0.1) is 0 Å². The molecular formula is C30H37ClN4O4. The lowest BCUT2D eigenvalue weighted by atomic mass is 9.49. The highest BCUT2D eigenvalue weighted by Crippen LogP contribution is 2.59. The standard InChI is InChI=1S/C30H37ClN4O4/c1-29(2)27(30(3,4)28(29)39-20-8-7-19(16-32)22(31)15-20)35-17-23-21(25(35)36)9-10-24(33-23)34-13-11-18(12-14-34)26(37-5)38-6/h7-10,15,18,26-28H,11-14,17H2,1-6H3. The molecule has 208 valence electrons. The van der Waals surface area contributed by atoms with Gasteiger partial charge in [-0.2, -0.15) is 5.26 Å². The van der Waals surface area contributed by atoms with Gasteiger partial charge in [0.25, 0.3) is 5.91 Å². The summed E-state index contributed by atoms with van der Waals surface area (Å²) in [5, 5.41) is 9.55. The monoisotopic (exact) mass is 552 g/mol. The van der Waals surface area contributed by atoms with E-state index >= 15 is 0 Å². The molecule has 8 nitrogen and oxygen atoms in total. The third-order valence-corrected chi connectivity index (χ3v) is 9.18. The van der Waals surface area contributed by atoms with Crippen LogP contribution in [0.2, 0.25) is 5.02 Å². The number of ether oxygens (including phenoxy) is 3. The van der Waals surface area contributed by atoms with Crippen molar-refractivity contribution in [1.82, 2.24) is 9.88 Å². The van der Waals surface area contributed by atoms with E-state index in [2.05, 4.69) is 38.7 Å². The average molecular weight is 553 g/mol. The van der Waals surface area contributed by atoms with E-state index in [9.17, 15) is 10.1 Å². The van der Waals surface area contributed by atoms with Crippen LogP contribution in [0.3, 0.4) is 0 Å². The summed E-state index contributed by atoms with van der Waals surface area (Å²) in [4.78, 5) is 22.8. The number of aromatic nitrogens is 1. The molecule has 0 atom stereocenters. The van der Waals surface area contributed by atoms with Crippen LogP contribution >= 0.6 is 11.6 Å². The predicted molar refractivity (Wildman–Crippen MR) is 149 cm³/mol. The van der Waals surface area contributed by atoms with E-state index in [1.54, 1.807) is 32.4 Å². The Bertz CT molecular complexity index is 1280. The number of hydrogen-bond acceptors (Lipinski definition) is 7. The lowest BCUT2D eigenvalue weighted by Crippen LogP contribution is -2.74. The van der Waals surface area contributed by atoms with Gasteiger partial charge in [-0.05, 0) is 37.1 Å². The first-order chi connectivity index (χ1) is 18.5. The molecule has 9 heteroatoms. The van der Waals surface area contributed by atoms with E-state index in [4.69, 9.17) is 30.8 Å². The zero-order valence-electron chi connectivity index (χ0n) is 23.5. The normalized spacial score (nSPS) is 23.9. The van der Waals surface area contributed by atoms with Crippen LogP contribution < -0.4 is 9.64 Å². The first-order valence-corrected chi connectivity index (χ1v) is 13.9. The highest BCUT2D eigenvalue weighted by atomic mass is 35.5. The van der Waals surface area contributed by atoms with Crippen molar-refractivity contribution in [2.24, 2.45) is 16.7 Å². The van der Waals surface area contributed by atoms with Crippen molar-refractivity contribution in [3.8, 4) is 11.8 Å². The average Bonchev–Trinajstić information content (AvgIpc) is 3.22. The molecular weight excluding hydrogens is 516 g/mol. The maximum absolute atomic E-state index is 13.6. The molecule has 5 rings (SSSR count). The van der Waals surface area contributed by atoms with Crippen LogP contribution in [0.15, 0.2) is 30.3 Å². The fraction of sp³-hybridized carbons (Fsp3) is 0.567. The molecule has 1 saturated heterocycles. The number of piperidine rings is 1. The van der Waals surface area contributed by atoms with E-state index in [1.807, 2.05) is 17.0 Å². The van der Waals surface area contributed by atoms with Gasteiger partial charge in [0.1, 0.15) is 23.7 Å². The Morgan fingerprint density at radius 2 is 1.74 bits per heavy atom. The molecule has 1 aromatic heterocycles. The number of halogens is 1. The molecule has 2 aromatic rings. The Balaban J connectivity index is 1.30. The molecule has 2 aliphatic heterocycles. The number of nitriles is 1. The van der Waals surface area contributed by atoms with Crippen molar-refractivity contribution < 1.29 is 19.0 Å². The highest BCUT2D eigenvalue weighted by molar-refractivity contribution is 6.31. The summed E-state index contributed by atoms with van der Waals surface area (Å²) in [6.07, 6.45) is 1.60. The fourth-order valence-corrected chi connectivity index (χ4v) is 7.68. The van der Waals surface area contributed by atoms with Crippen LogP contribution in [0.5, 0.6) is 5.75 Å². The third kappa shape index (κ3) is 4.65. The van der Waals surface area contributed by atoms with Crippen molar-refractivity contribution in [2.45, 2.75) is 65.5 Å². The Morgan fingerprint density at radius 1 is 1.08 bits per heavy atom. The third-order valence-electron chi connectivity index (χ3n) is 8.87. The minimum atomic E-state index is -0.314. The second kappa shape index (κ2) is 10.3. The summed E-state index contributed by atoms with van der Waals surface area (Å²) in [6.45, 7) is 10.8. The molecule has 1 amide bonds. The quantitative estimate of drug-likeness (QED) is 0.432. The molecule has 39 heavy (non-hydrogen) atoms. The van der Waals surface area contributed by atoms with Crippen LogP contribution in [0.25, 0.3) is 0 Å². The smallest absolute Gasteiger partial charge is 0.256 e. The molecule has 1 aliphatic carbocycles. The molecule has 1 saturated carbocycles. The molecule has 0 N–H and O–H groups in total. The summed E-state index contributed by atoms with van der Waals surface area (Å²) >= 11 is 6.25. The van der Waals surface area contributed by atoms with Crippen LogP contribution in [-0.2, 0) is 16.0 Å². The maximum atomic E-state index is 13.6. The van der Waals surface area contributed by atoms with Gasteiger partial charge in [0.2, 0.25) is 0 Å². The number of nitrogens with zero attached hydrogens (tertiary/aromatic N) is 4. The fourth-order valence-electron chi connectivity index (χ4n) is 7.47. The van der Waals surface area contributed by atoms with Gasteiger partial charge in [-0.25, -0.2) is 4.98 Å². The number of benzene rings is 1. The number of anilines is 1. The van der Waals surface area contributed by atoms with E-state index in [0.717, 1.165) is 37.4 Å². The largest absolute Gasteiger partial charge is 0.489 e. The minimum absolute atomic E-state index is 0.0248. The van der Waals surface area contributed by atoms with Crippen molar-refractivity contribution in [3.05, 3.63) is 52.2 Å². The SMILES string of the molecule is COC(OC)C1CCN(c2ccc3c(n2)CN(C2C(C)(C)C(Oc4ccc(C#N)c(Cl)c4)C2(C)C)C3=O)CC1. The second-order valence-corrected chi connectivity index (χ2v) is 12.5. The molecule has 0 unspecified atom stereocenters. The van der Waals surface area contributed by atoms with Gasteiger partial charge >= 0.3 is 0 Å². The topological polar surface area (TPSA) is 87.9 Å². The first-order valence-electron chi connectivity index (χ1n) is 13.5. The highest BCUT2D eigenvalue weighted by Gasteiger charge is 2.67. The maximum Gasteiger partial charge on any atom is 0.256 e. The number of carbonyl (C=O) groups excluding carboxylic acids is 1. The van der Waals surface area contributed by atoms with Crippen LogP contribution in [0, 0.1) is 28.1 Å². The van der Waals surface area contributed by atoms with Gasteiger partial charge in [-0.3, -0.25) is 4.79 Å². The number of fused-ring (bicyclic) bond motifs is 1. The summed E-state index contributed by atoms with van der Waals surface area (Å²) in [6, 6.07) is 11.1. The number of hydrogen-bond donors (Lipinski definition) is 0. The van der Waals surface area contributed by atoms with Crippen molar-refractivity contribution >= 4 is 23.3 Å². The number of rotatable bonds is 7. The molecule has 0 spiro atoms. The molecule has 2 fully saturated rings. The number of methoxy groups -OCH3 is 2. The van der Waals surface area contributed by atoms with Crippen molar-refractivity contribution in [1.29, 1.82) is 5.26 Å². The Labute approximate surface area is 235 Å². The van der Waals surface area contributed by atoms with Crippen LogP contribution in [-0.4, -0.2) is 61.5 Å². The van der Waals surface area contributed by atoms with Gasteiger partial charge in [0.05, 0.1) is 28.4 Å². The Morgan fingerprint density at radius 3 is 2.33 bits per heavy atom. The first kappa shape index (κ1) is 27.7. The molecule has 1 aromatic carbocycles. The zero-order chi connectivity index (χ0) is 28.1. The van der Waals surface area contributed by atoms with Gasteiger partial charge < -0.3 is 24.0 Å². The predicted octanol–water partition coefficient (Wildman–Crippen LogP) is 5.28. The number of pyridine rings is 1.